The molecule has 0 aromatic carbocycles. The van der Waals surface area contributed by atoms with Gasteiger partial charge in [0.15, 0.2) is 0 Å². The number of anilines is 1. The van der Waals surface area contributed by atoms with Crippen LogP contribution in [0.2, 0.25) is 5.02 Å². The SMILES string of the molecule is CC(=O)N1CCC(n2ncc(-c3cnc4[nH]cc(Cl)c4c3NC3CC3)c2C)[C@@H](F)C1. The molecule has 5 rings (SSSR count). The van der Waals surface area contributed by atoms with Crippen LogP contribution in [0, 0.1) is 6.92 Å². The fraction of sp³-hybridized carbons (Fsp3) is 0.476. The van der Waals surface area contributed by atoms with Gasteiger partial charge in [-0.15, -0.1) is 0 Å². The van der Waals surface area contributed by atoms with Crippen molar-refractivity contribution >= 4 is 34.2 Å². The van der Waals surface area contributed by atoms with Gasteiger partial charge in [-0.1, -0.05) is 11.6 Å². The molecule has 2 fully saturated rings. The molecule has 2 N–H and O–H groups in total. The van der Waals surface area contributed by atoms with E-state index in [1.165, 1.54) is 6.92 Å². The number of amides is 1. The Morgan fingerprint density at radius 1 is 1.30 bits per heavy atom. The second kappa shape index (κ2) is 7.27. The van der Waals surface area contributed by atoms with Crippen molar-refractivity contribution in [2.24, 2.45) is 0 Å². The van der Waals surface area contributed by atoms with E-state index in [0.717, 1.165) is 46.4 Å². The van der Waals surface area contributed by atoms with Gasteiger partial charge in [0.2, 0.25) is 5.91 Å². The van der Waals surface area contributed by atoms with E-state index in [1.807, 2.05) is 13.1 Å². The summed E-state index contributed by atoms with van der Waals surface area (Å²) in [5.41, 5.74) is 4.38. The maximum Gasteiger partial charge on any atom is 0.219 e. The van der Waals surface area contributed by atoms with Crippen LogP contribution in [0.15, 0.2) is 18.6 Å². The molecular weight excluding hydrogens is 407 g/mol. The lowest BCUT2D eigenvalue weighted by molar-refractivity contribution is -0.131. The first-order chi connectivity index (χ1) is 14.4. The highest BCUT2D eigenvalue weighted by Gasteiger charge is 2.34. The number of aromatic amines is 1. The van der Waals surface area contributed by atoms with E-state index < -0.39 is 6.17 Å². The van der Waals surface area contributed by atoms with Crippen LogP contribution in [0.1, 0.15) is 37.9 Å². The summed E-state index contributed by atoms with van der Waals surface area (Å²) >= 11 is 6.45. The number of alkyl halides is 1. The van der Waals surface area contributed by atoms with Crippen LogP contribution in [-0.4, -0.2) is 55.9 Å². The summed E-state index contributed by atoms with van der Waals surface area (Å²) in [7, 11) is 0. The maximum atomic E-state index is 14.9. The Morgan fingerprint density at radius 3 is 2.80 bits per heavy atom. The first-order valence-electron chi connectivity index (χ1n) is 10.3. The molecule has 7 nitrogen and oxygen atoms in total. The van der Waals surface area contributed by atoms with Gasteiger partial charge in [-0.25, -0.2) is 9.37 Å². The lowest BCUT2D eigenvalue weighted by Gasteiger charge is -2.34. The number of nitrogens with zero attached hydrogens (tertiary/aromatic N) is 4. The number of hydrogen-bond donors (Lipinski definition) is 2. The molecule has 1 aliphatic heterocycles. The summed E-state index contributed by atoms with van der Waals surface area (Å²) in [4.78, 5) is 20.8. The predicted molar refractivity (Wildman–Crippen MR) is 115 cm³/mol. The van der Waals surface area contributed by atoms with Crippen molar-refractivity contribution in [1.29, 1.82) is 0 Å². The number of pyridine rings is 1. The zero-order chi connectivity index (χ0) is 21.0. The Labute approximate surface area is 178 Å². The molecule has 4 heterocycles. The van der Waals surface area contributed by atoms with Gasteiger partial charge < -0.3 is 15.2 Å². The number of carbonyl (C=O) groups excluding carboxylic acids is 1. The van der Waals surface area contributed by atoms with Crippen molar-refractivity contribution < 1.29 is 9.18 Å². The van der Waals surface area contributed by atoms with Gasteiger partial charge in [0.05, 0.1) is 34.9 Å². The van der Waals surface area contributed by atoms with Crippen LogP contribution in [0.5, 0.6) is 0 Å². The van der Waals surface area contributed by atoms with Crippen molar-refractivity contribution in [3.05, 3.63) is 29.3 Å². The fourth-order valence-corrected chi connectivity index (χ4v) is 4.56. The van der Waals surface area contributed by atoms with Crippen molar-refractivity contribution in [3.63, 3.8) is 0 Å². The third-order valence-electron chi connectivity index (χ3n) is 6.18. The number of rotatable bonds is 4. The smallest absolute Gasteiger partial charge is 0.219 e. The minimum Gasteiger partial charge on any atom is -0.381 e. The highest BCUT2D eigenvalue weighted by Crippen LogP contribution is 2.41. The molecule has 1 aliphatic carbocycles. The summed E-state index contributed by atoms with van der Waals surface area (Å²) in [5.74, 6) is -0.0903. The van der Waals surface area contributed by atoms with Gasteiger partial charge in [-0.05, 0) is 26.2 Å². The normalized spacial score (nSPS) is 21.9. The summed E-state index contributed by atoms with van der Waals surface area (Å²) in [6.45, 7) is 4.08. The lowest BCUT2D eigenvalue weighted by Crippen LogP contribution is -2.45. The Bertz CT molecular complexity index is 1120. The molecular formula is C21H24ClFN6O. The molecule has 1 amide bonds. The van der Waals surface area contributed by atoms with E-state index in [2.05, 4.69) is 20.4 Å². The molecule has 1 saturated heterocycles. The van der Waals surface area contributed by atoms with Gasteiger partial charge >= 0.3 is 0 Å². The van der Waals surface area contributed by atoms with E-state index in [4.69, 9.17) is 11.6 Å². The minimum atomic E-state index is -1.15. The Balaban J connectivity index is 1.53. The summed E-state index contributed by atoms with van der Waals surface area (Å²) in [6, 6.07) is 0.0449. The first-order valence-corrected chi connectivity index (χ1v) is 10.7. The Hall–Kier alpha value is -2.61. The number of aromatic nitrogens is 4. The third kappa shape index (κ3) is 3.23. The molecule has 2 aliphatic rings. The predicted octanol–water partition coefficient (Wildman–Crippen LogP) is 4.09. The number of halogens is 2. The van der Waals surface area contributed by atoms with Gasteiger partial charge in [0, 0.05) is 48.7 Å². The van der Waals surface area contributed by atoms with Crippen LogP contribution in [-0.2, 0) is 4.79 Å². The lowest BCUT2D eigenvalue weighted by atomic mass is 10.0. The zero-order valence-electron chi connectivity index (χ0n) is 17.0. The molecule has 1 unspecified atom stereocenters. The summed E-state index contributed by atoms with van der Waals surface area (Å²) in [6.07, 6.45) is 6.98. The van der Waals surface area contributed by atoms with Crippen LogP contribution in [0.3, 0.4) is 0 Å². The van der Waals surface area contributed by atoms with Crippen LogP contribution in [0.4, 0.5) is 10.1 Å². The van der Waals surface area contributed by atoms with Crippen LogP contribution in [0.25, 0.3) is 22.2 Å². The van der Waals surface area contributed by atoms with Crippen molar-refractivity contribution in [2.45, 2.75) is 51.4 Å². The summed E-state index contributed by atoms with van der Waals surface area (Å²) in [5, 5.41) is 9.62. The standard InChI is InChI=1S/C21H24ClFN6O/c1-11-14(8-26-29(11)18-5-6-28(12(2)30)10-17(18)23)15-7-24-21-19(16(22)9-25-21)20(15)27-13-3-4-13/h7-9,13,17-18H,3-6,10H2,1-2H3,(H2,24,25,27)/t17-,18?/m0/s1. The highest BCUT2D eigenvalue weighted by atomic mass is 35.5. The second-order valence-electron chi connectivity index (χ2n) is 8.25. The second-order valence-corrected chi connectivity index (χ2v) is 8.66. The van der Waals surface area contributed by atoms with Crippen LogP contribution >= 0.6 is 11.6 Å². The maximum absolute atomic E-state index is 14.9. The third-order valence-corrected chi connectivity index (χ3v) is 6.48. The molecule has 0 spiro atoms. The molecule has 2 atom stereocenters. The van der Waals surface area contributed by atoms with Gasteiger partial charge in [0.25, 0.3) is 0 Å². The molecule has 0 bridgehead atoms. The van der Waals surface area contributed by atoms with E-state index >= 15 is 0 Å². The molecule has 30 heavy (non-hydrogen) atoms. The fourth-order valence-electron chi connectivity index (χ4n) is 4.32. The van der Waals surface area contributed by atoms with Crippen molar-refractivity contribution in [3.8, 4) is 11.1 Å². The Morgan fingerprint density at radius 2 is 2.10 bits per heavy atom. The monoisotopic (exact) mass is 430 g/mol. The van der Waals surface area contributed by atoms with Gasteiger partial charge in [-0.3, -0.25) is 9.48 Å². The Kier molecular flexibility index (Phi) is 4.69. The largest absolute Gasteiger partial charge is 0.381 e. The molecule has 3 aromatic rings. The first kappa shape index (κ1) is 19.4. The molecule has 3 aromatic heterocycles. The molecule has 0 radical (unpaired) electrons. The highest BCUT2D eigenvalue weighted by molar-refractivity contribution is 6.36. The van der Waals surface area contributed by atoms with Gasteiger partial charge in [-0.2, -0.15) is 5.10 Å². The quantitative estimate of drug-likeness (QED) is 0.653. The molecule has 9 heteroatoms. The number of nitrogens with one attached hydrogen (secondary N) is 2. The van der Waals surface area contributed by atoms with E-state index in [0.29, 0.717) is 24.0 Å². The van der Waals surface area contributed by atoms with Crippen molar-refractivity contribution in [1.82, 2.24) is 24.6 Å². The number of carbonyl (C=O) groups is 1. The number of fused-ring (bicyclic) bond motifs is 1. The topological polar surface area (TPSA) is 78.8 Å². The number of hydrogen-bond acceptors (Lipinski definition) is 4. The van der Waals surface area contributed by atoms with E-state index in [-0.39, 0.29) is 18.5 Å². The van der Waals surface area contributed by atoms with Gasteiger partial charge in [0.1, 0.15) is 11.8 Å². The zero-order valence-corrected chi connectivity index (χ0v) is 17.7. The van der Waals surface area contributed by atoms with E-state index in [1.54, 1.807) is 22.0 Å². The summed E-state index contributed by atoms with van der Waals surface area (Å²) < 4.78 is 16.7. The molecule has 158 valence electrons. The molecule has 1 saturated carbocycles. The average molecular weight is 431 g/mol. The number of likely N-dealkylation sites (tertiary alicyclic amines) is 1. The number of H-pyrrole nitrogens is 1. The van der Waals surface area contributed by atoms with E-state index in [9.17, 15) is 9.18 Å². The van der Waals surface area contributed by atoms with Crippen molar-refractivity contribution in [2.75, 3.05) is 18.4 Å². The minimum absolute atomic E-state index is 0.0903. The van der Waals surface area contributed by atoms with Crippen LogP contribution < -0.4 is 5.32 Å². The average Bonchev–Trinajstić information content (AvgIpc) is 3.35. The number of piperidine rings is 1.